The van der Waals surface area contributed by atoms with Crippen LogP contribution in [0, 0.1) is 13.8 Å². The largest absolute Gasteiger partial charge is 0.380 e. The van der Waals surface area contributed by atoms with E-state index in [0.717, 1.165) is 23.1 Å². The molecule has 2 heterocycles. The van der Waals surface area contributed by atoms with Gasteiger partial charge in [0.05, 0.1) is 5.52 Å². The first-order valence-corrected chi connectivity index (χ1v) is 7.67. The molecule has 0 spiro atoms. The molecule has 4 heteroatoms. The van der Waals surface area contributed by atoms with Crippen molar-refractivity contribution >= 4 is 39.5 Å². The molecule has 0 unspecified atom stereocenters. The summed E-state index contributed by atoms with van der Waals surface area (Å²) in [6.45, 7) is 5.15. The fourth-order valence-electron chi connectivity index (χ4n) is 2.19. The number of halogens is 1. The number of hydrogen-bond donors (Lipinski definition) is 1. The van der Waals surface area contributed by atoms with Gasteiger partial charge in [-0.15, -0.1) is 11.3 Å². The molecule has 0 bridgehead atoms. The van der Waals surface area contributed by atoms with E-state index >= 15 is 0 Å². The van der Waals surface area contributed by atoms with Crippen LogP contribution in [0.3, 0.4) is 0 Å². The Balaban J connectivity index is 1.87. The van der Waals surface area contributed by atoms with E-state index in [2.05, 4.69) is 30.2 Å². The molecule has 20 heavy (non-hydrogen) atoms. The third-order valence-electron chi connectivity index (χ3n) is 3.37. The lowest BCUT2D eigenvalue weighted by atomic mass is 10.2. The number of aryl methyl sites for hydroxylation is 2. The summed E-state index contributed by atoms with van der Waals surface area (Å²) in [6, 6.07) is 10.0. The number of benzene rings is 1. The van der Waals surface area contributed by atoms with Crippen LogP contribution in [0.5, 0.6) is 0 Å². The van der Waals surface area contributed by atoms with Crippen molar-refractivity contribution in [3.63, 3.8) is 0 Å². The van der Waals surface area contributed by atoms with Gasteiger partial charge in [0.1, 0.15) is 0 Å². The van der Waals surface area contributed by atoms with Gasteiger partial charge in [-0.25, -0.2) is 0 Å². The minimum absolute atomic E-state index is 0.714. The zero-order chi connectivity index (χ0) is 14.1. The van der Waals surface area contributed by atoms with Gasteiger partial charge in [-0.3, -0.25) is 4.98 Å². The fourth-order valence-corrected chi connectivity index (χ4v) is 3.35. The topological polar surface area (TPSA) is 24.9 Å². The molecule has 2 nitrogen and oxygen atoms in total. The van der Waals surface area contributed by atoms with Crippen LogP contribution in [0.15, 0.2) is 36.5 Å². The van der Waals surface area contributed by atoms with Gasteiger partial charge in [-0.1, -0.05) is 11.6 Å². The Hall–Kier alpha value is -1.58. The molecule has 1 aromatic carbocycles. The Kier molecular flexibility index (Phi) is 3.64. The van der Waals surface area contributed by atoms with Crippen molar-refractivity contribution in [2.45, 2.75) is 20.4 Å². The summed E-state index contributed by atoms with van der Waals surface area (Å²) in [6.07, 6.45) is 1.81. The first-order chi connectivity index (χ1) is 9.63. The van der Waals surface area contributed by atoms with Gasteiger partial charge in [0.2, 0.25) is 0 Å². The summed E-state index contributed by atoms with van der Waals surface area (Å²) in [5, 5.41) is 5.30. The molecule has 0 amide bonds. The molecule has 3 rings (SSSR count). The molecule has 2 aromatic heterocycles. The lowest BCUT2D eigenvalue weighted by molar-refractivity contribution is 1.19. The van der Waals surface area contributed by atoms with Crippen molar-refractivity contribution in [2.75, 3.05) is 5.32 Å². The van der Waals surface area contributed by atoms with E-state index in [1.807, 2.05) is 41.8 Å². The number of thiophene rings is 1. The smallest absolute Gasteiger partial charge is 0.0737 e. The normalized spacial score (nSPS) is 10.9. The van der Waals surface area contributed by atoms with Crippen molar-refractivity contribution in [3.8, 4) is 0 Å². The van der Waals surface area contributed by atoms with Gasteiger partial charge in [-0.2, -0.15) is 0 Å². The van der Waals surface area contributed by atoms with Gasteiger partial charge in [0.25, 0.3) is 0 Å². The number of nitrogens with zero attached hydrogens (tertiary/aromatic N) is 1. The number of nitrogens with one attached hydrogen (secondary N) is 1. The molecule has 0 atom stereocenters. The highest BCUT2D eigenvalue weighted by atomic mass is 35.5. The molecule has 0 aliphatic carbocycles. The second kappa shape index (κ2) is 5.43. The first-order valence-electron chi connectivity index (χ1n) is 6.47. The molecule has 102 valence electrons. The molecule has 1 N–H and O–H groups in total. The third-order valence-corrected chi connectivity index (χ3v) is 4.76. The molecule has 0 saturated heterocycles. The predicted octanol–water partition coefficient (Wildman–Crippen LogP) is 5.18. The summed E-state index contributed by atoms with van der Waals surface area (Å²) < 4.78 is 0. The molecular formula is C16H15ClN2S. The van der Waals surface area contributed by atoms with Crippen LogP contribution in [0.4, 0.5) is 5.69 Å². The predicted molar refractivity (Wildman–Crippen MR) is 87.9 cm³/mol. The standard InChI is InChI=1S/C16H15ClN2S/c1-10-7-13(20-11(10)2)9-19-15-5-6-18-16-8-12(17)3-4-14(15)16/h3-8H,9H2,1-2H3,(H,18,19). The fraction of sp³-hybridized carbons (Fsp3) is 0.188. The average molecular weight is 303 g/mol. The monoisotopic (exact) mass is 302 g/mol. The van der Waals surface area contributed by atoms with Crippen molar-refractivity contribution < 1.29 is 0 Å². The van der Waals surface area contributed by atoms with Crippen molar-refractivity contribution in [2.24, 2.45) is 0 Å². The SMILES string of the molecule is Cc1cc(CNc2ccnc3cc(Cl)ccc23)sc1C. The van der Waals surface area contributed by atoms with E-state index in [1.54, 1.807) is 0 Å². The molecule has 0 radical (unpaired) electrons. The molecule has 3 aromatic rings. The summed E-state index contributed by atoms with van der Waals surface area (Å²) in [7, 11) is 0. The van der Waals surface area contributed by atoms with Crippen molar-refractivity contribution in [1.82, 2.24) is 4.98 Å². The Labute approximate surface area is 127 Å². The Bertz CT molecular complexity index is 745. The maximum absolute atomic E-state index is 6.01. The first kappa shape index (κ1) is 13.4. The van der Waals surface area contributed by atoms with E-state index < -0.39 is 0 Å². The van der Waals surface area contributed by atoms with Crippen molar-refractivity contribution in [3.05, 3.63) is 56.9 Å². The van der Waals surface area contributed by atoms with Crippen molar-refractivity contribution in [1.29, 1.82) is 0 Å². The van der Waals surface area contributed by atoms with Gasteiger partial charge >= 0.3 is 0 Å². The summed E-state index contributed by atoms with van der Waals surface area (Å²) in [4.78, 5) is 7.08. The van der Waals surface area contributed by atoms with Gasteiger partial charge in [0, 0.05) is 38.6 Å². The maximum Gasteiger partial charge on any atom is 0.0737 e. The second-order valence-corrected chi connectivity index (χ2v) is 6.60. The van der Waals surface area contributed by atoms with Gasteiger partial charge < -0.3 is 5.32 Å². The quantitative estimate of drug-likeness (QED) is 0.721. The van der Waals surface area contributed by atoms with E-state index in [0.29, 0.717) is 5.02 Å². The Morgan fingerprint density at radius 3 is 2.80 bits per heavy atom. The van der Waals surface area contributed by atoms with Crippen LogP contribution >= 0.6 is 22.9 Å². The highest BCUT2D eigenvalue weighted by Crippen LogP contribution is 2.26. The molecule has 0 saturated carbocycles. The van der Waals surface area contributed by atoms with E-state index in [-0.39, 0.29) is 0 Å². The number of fused-ring (bicyclic) bond motifs is 1. The minimum atomic E-state index is 0.714. The molecule has 0 aliphatic heterocycles. The maximum atomic E-state index is 6.01. The van der Waals surface area contributed by atoms with Crippen LogP contribution in [0.25, 0.3) is 10.9 Å². The molecular weight excluding hydrogens is 288 g/mol. The lowest BCUT2D eigenvalue weighted by Crippen LogP contribution is -1.98. The van der Waals surface area contributed by atoms with E-state index in [9.17, 15) is 0 Å². The third kappa shape index (κ3) is 2.65. The number of anilines is 1. The highest BCUT2D eigenvalue weighted by Gasteiger charge is 2.05. The van der Waals surface area contributed by atoms with Crippen LogP contribution < -0.4 is 5.32 Å². The number of rotatable bonds is 3. The molecule has 0 fully saturated rings. The van der Waals surface area contributed by atoms with E-state index in [1.165, 1.54) is 15.3 Å². The summed E-state index contributed by atoms with van der Waals surface area (Å²) >= 11 is 7.85. The summed E-state index contributed by atoms with van der Waals surface area (Å²) in [5.41, 5.74) is 3.37. The second-order valence-electron chi connectivity index (χ2n) is 4.83. The zero-order valence-electron chi connectivity index (χ0n) is 11.4. The average Bonchev–Trinajstić information content (AvgIpc) is 2.75. The minimum Gasteiger partial charge on any atom is -0.380 e. The Morgan fingerprint density at radius 2 is 2.05 bits per heavy atom. The van der Waals surface area contributed by atoms with Crippen LogP contribution in [0.1, 0.15) is 15.3 Å². The number of hydrogen-bond acceptors (Lipinski definition) is 3. The molecule has 0 aliphatic rings. The summed E-state index contributed by atoms with van der Waals surface area (Å²) in [5.74, 6) is 0. The van der Waals surface area contributed by atoms with Gasteiger partial charge in [0.15, 0.2) is 0 Å². The lowest BCUT2D eigenvalue weighted by Gasteiger charge is -2.08. The van der Waals surface area contributed by atoms with Crippen LogP contribution in [-0.4, -0.2) is 4.98 Å². The van der Waals surface area contributed by atoms with Crippen LogP contribution in [0.2, 0.25) is 5.02 Å². The Morgan fingerprint density at radius 1 is 1.20 bits per heavy atom. The van der Waals surface area contributed by atoms with Crippen LogP contribution in [-0.2, 0) is 6.54 Å². The number of pyridine rings is 1. The number of aromatic nitrogens is 1. The highest BCUT2D eigenvalue weighted by molar-refractivity contribution is 7.12. The van der Waals surface area contributed by atoms with Gasteiger partial charge in [-0.05, 0) is 49.7 Å². The van der Waals surface area contributed by atoms with E-state index in [4.69, 9.17) is 11.6 Å². The zero-order valence-corrected chi connectivity index (χ0v) is 13.0.